The van der Waals surface area contributed by atoms with Crippen molar-refractivity contribution in [2.75, 3.05) is 6.54 Å². The summed E-state index contributed by atoms with van der Waals surface area (Å²) in [6.07, 6.45) is 13.5. The van der Waals surface area contributed by atoms with Gasteiger partial charge >= 0.3 is 0 Å². The van der Waals surface area contributed by atoms with E-state index in [9.17, 15) is 4.79 Å². The molecule has 0 radical (unpaired) electrons. The zero-order chi connectivity index (χ0) is 18.0. The van der Waals surface area contributed by atoms with Crippen LogP contribution in [-0.4, -0.2) is 15.9 Å². The standard InChI is InChI=1S/C22H29N3OS/c26-20-8-17(24-21-25(20)18-3-1-2-4-19(18)27-21)12-23-13-22-9-14-5-15(10-22)7-16(6-14)11-22/h8,14-16,23H,1-7,9-13H2/p+1. The summed E-state index contributed by atoms with van der Waals surface area (Å²) in [4.78, 5) is 19.9. The molecule has 5 heteroatoms. The third kappa shape index (κ3) is 2.80. The Labute approximate surface area is 164 Å². The molecule has 0 amide bonds. The molecular weight excluding hydrogens is 354 g/mol. The number of fused-ring (bicyclic) bond motifs is 3. The maximum atomic E-state index is 12.7. The molecule has 2 aromatic heterocycles. The van der Waals surface area contributed by atoms with Crippen LogP contribution in [0.1, 0.15) is 67.6 Å². The first kappa shape index (κ1) is 16.7. The van der Waals surface area contributed by atoms with Crippen molar-refractivity contribution in [3.8, 4) is 0 Å². The summed E-state index contributed by atoms with van der Waals surface area (Å²) in [7, 11) is 0. The quantitative estimate of drug-likeness (QED) is 0.881. The van der Waals surface area contributed by atoms with Crippen molar-refractivity contribution < 1.29 is 5.32 Å². The number of thiazole rings is 1. The summed E-state index contributed by atoms with van der Waals surface area (Å²) < 4.78 is 1.89. The van der Waals surface area contributed by atoms with Crippen molar-refractivity contribution in [1.29, 1.82) is 0 Å². The minimum Gasteiger partial charge on any atom is -0.341 e. The molecule has 7 rings (SSSR count). The van der Waals surface area contributed by atoms with E-state index in [4.69, 9.17) is 4.98 Å². The predicted octanol–water partition coefficient (Wildman–Crippen LogP) is 2.91. The molecule has 0 saturated heterocycles. The smallest absolute Gasteiger partial charge is 0.259 e. The average molecular weight is 385 g/mol. The van der Waals surface area contributed by atoms with Crippen LogP contribution in [0.5, 0.6) is 0 Å². The van der Waals surface area contributed by atoms with E-state index >= 15 is 0 Å². The first-order chi connectivity index (χ1) is 13.2. The predicted molar refractivity (Wildman–Crippen MR) is 107 cm³/mol. The first-order valence-corrected chi connectivity index (χ1v) is 11.8. The molecule has 5 aliphatic rings. The van der Waals surface area contributed by atoms with E-state index < -0.39 is 0 Å². The lowest BCUT2D eigenvalue weighted by molar-refractivity contribution is -0.684. The molecule has 2 aromatic rings. The Balaban J connectivity index is 1.19. The molecule has 4 fully saturated rings. The van der Waals surface area contributed by atoms with E-state index in [2.05, 4.69) is 5.32 Å². The van der Waals surface area contributed by atoms with Gasteiger partial charge in [-0.05, 0) is 82.0 Å². The molecular formula is C22H30N3OS+. The average Bonchev–Trinajstić information content (AvgIpc) is 2.99. The summed E-state index contributed by atoms with van der Waals surface area (Å²) in [6, 6.07) is 1.80. The number of quaternary nitrogens is 1. The minimum atomic E-state index is 0.137. The Morgan fingerprint density at radius 3 is 2.56 bits per heavy atom. The molecule has 4 saturated carbocycles. The molecule has 0 atom stereocenters. The second-order valence-electron chi connectivity index (χ2n) is 10.00. The number of aromatic nitrogens is 2. The molecule has 2 heterocycles. The van der Waals surface area contributed by atoms with E-state index in [0.29, 0.717) is 5.41 Å². The van der Waals surface area contributed by atoms with Gasteiger partial charge < -0.3 is 5.32 Å². The Kier molecular flexibility index (Phi) is 3.81. The highest BCUT2D eigenvalue weighted by molar-refractivity contribution is 7.17. The van der Waals surface area contributed by atoms with Crippen LogP contribution in [0.15, 0.2) is 10.9 Å². The Morgan fingerprint density at radius 2 is 1.81 bits per heavy atom. The van der Waals surface area contributed by atoms with E-state index in [-0.39, 0.29) is 5.56 Å². The normalized spacial score (nSPS) is 34.3. The van der Waals surface area contributed by atoms with Crippen LogP contribution in [0.4, 0.5) is 0 Å². The molecule has 0 aliphatic heterocycles. The molecule has 0 aromatic carbocycles. The summed E-state index contributed by atoms with van der Waals surface area (Å²) in [5, 5.41) is 2.46. The van der Waals surface area contributed by atoms with Crippen molar-refractivity contribution >= 4 is 16.3 Å². The van der Waals surface area contributed by atoms with Crippen LogP contribution in [0.25, 0.3) is 4.96 Å². The number of rotatable bonds is 4. The summed E-state index contributed by atoms with van der Waals surface area (Å²) >= 11 is 1.75. The van der Waals surface area contributed by atoms with Crippen molar-refractivity contribution in [1.82, 2.24) is 9.38 Å². The van der Waals surface area contributed by atoms with E-state index in [1.807, 2.05) is 4.40 Å². The Morgan fingerprint density at radius 1 is 1.11 bits per heavy atom. The molecule has 2 N–H and O–H groups in total. The van der Waals surface area contributed by atoms with Crippen molar-refractivity contribution in [2.45, 2.75) is 70.8 Å². The summed E-state index contributed by atoms with van der Waals surface area (Å²) in [6.45, 7) is 2.09. The number of nitrogens with zero attached hydrogens (tertiary/aromatic N) is 2. The fourth-order valence-corrected chi connectivity index (χ4v) is 8.54. The van der Waals surface area contributed by atoms with Crippen molar-refractivity contribution in [3.63, 3.8) is 0 Å². The van der Waals surface area contributed by atoms with Gasteiger partial charge in [0.2, 0.25) is 0 Å². The maximum Gasteiger partial charge on any atom is 0.259 e. The van der Waals surface area contributed by atoms with E-state index in [1.165, 1.54) is 68.5 Å². The fraction of sp³-hybridized carbons (Fsp3) is 0.727. The van der Waals surface area contributed by atoms with Crippen molar-refractivity contribution in [3.05, 3.63) is 32.7 Å². The second kappa shape index (κ2) is 6.15. The van der Waals surface area contributed by atoms with Crippen LogP contribution < -0.4 is 10.9 Å². The van der Waals surface area contributed by atoms with Gasteiger partial charge in [-0.3, -0.25) is 9.20 Å². The number of nitrogens with two attached hydrogens (primary N) is 1. The third-order valence-corrected chi connectivity index (χ3v) is 9.05. The molecule has 144 valence electrons. The highest BCUT2D eigenvalue weighted by Gasteiger charge is 2.51. The van der Waals surface area contributed by atoms with Crippen LogP contribution in [0, 0.1) is 23.2 Å². The van der Waals surface area contributed by atoms with Gasteiger partial charge in [0.25, 0.3) is 5.56 Å². The highest BCUT2D eigenvalue weighted by atomic mass is 32.1. The second-order valence-corrected chi connectivity index (χ2v) is 11.1. The number of hydrogen-bond acceptors (Lipinski definition) is 3. The van der Waals surface area contributed by atoms with Crippen molar-refractivity contribution in [2.24, 2.45) is 23.2 Å². The summed E-state index contributed by atoms with van der Waals surface area (Å²) in [5.74, 6) is 3.05. The molecule has 0 unspecified atom stereocenters. The van der Waals surface area contributed by atoms with Gasteiger partial charge in [-0.2, -0.15) is 0 Å². The van der Waals surface area contributed by atoms with Gasteiger partial charge in [0.15, 0.2) is 4.96 Å². The SMILES string of the molecule is O=c1cc(C[NH2+]CC23CC4CC(CC(C4)C2)C3)nc2sc3c(n12)CCCC3. The first-order valence-electron chi connectivity index (χ1n) is 11.0. The fourth-order valence-electron chi connectivity index (χ4n) is 7.31. The minimum absolute atomic E-state index is 0.137. The van der Waals surface area contributed by atoms with E-state index in [1.54, 1.807) is 17.4 Å². The van der Waals surface area contributed by atoms with Gasteiger partial charge in [0.1, 0.15) is 12.2 Å². The van der Waals surface area contributed by atoms with Crippen LogP contribution in [-0.2, 0) is 19.4 Å². The lowest BCUT2D eigenvalue weighted by Gasteiger charge is -2.55. The monoisotopic (exact) mass is 384 g/mol. The van der Waals surface area contributed by atoms with Crippen LogP contribution in [0.3, 0.4) is 0 Å². The maximum absolute atomic E-state index is 12.7. The highest BCUT2D eigenvalue weighted by Crippen LogP contribution is 2.59. The van der Waals surface area contributed by atoms with Crippen LogP contribution >= 0.6 is 11.3 Å². The Bertz CT molecular complexity index is 908. The zero-order valence-electron chi connectivity index (χ0n) is 16.1. The van der Waals surface area contributed by atoms with Gasteiger partial charge in [0.05, 0.1) is 6.54 Å². The van der Waals surface area contributed by atoms with Gasteiger partial charge in [-0.25, -0.2) is 4.98 Å². The Hall–Kier alpha value is -1.20. The summed E-state index contributed by atoms with van der Waals surface area (Å²) in [5.41, 5.74) is 2.94. The molecule has 0 spiro atoms. The van der Waals surface area contributed by atoms with E-state index in [0.717, 1.165) is 47.8 Å². The molecule has 27 heavy (non-hydrogen) atoms. The lowest BCUT2D eigenvalue weighted by Crippen LogP contribution is -2.86. The largest absolute Gasteiger partial charge is 0.341 e. The zero-order valence-corrected chi connectivity index (χ0v) is 16.9. The molecule has 5 aliphatic carbocycles. The number of hydrogen-bond donors (Lipinski definition) is 1. The van der Waals surface area contributed by atoms with Gasteiger partial charge in [-0.1, -0.05) is 0 Å². The third-order valence-electron chi connectivity index (χ3n) is 7.91. The van der Waals surface area contributed by atoms with Gasteiger partial charge in [0, 0.05) is 22.1 Å². The number of aryl methyl sites for hydroxylation is 2. The molecule has 4 nitrogen and oxygen atoms in total. The van der Waals surface area contributed by atoms with Crippen LogP contribution in [0.2, 0.25) is 0 Å². The van der Waals surface area contributed by atoms with Gasteiger partial charge in [-0.15, -0.1) is 11.3 Å². The molecule has 4 bridgehead atoms. The lowest BCUT2D eigenvalue weighted by atomic mass is 9.49. The topological polar surface area (TPSA) is 51.0 Å².